The SMILES string of the molecule is Cl[Si](Cl)(Cl)C12CCC1CC2. The number of fused-ring (bicyclic) bond motifs is 1. The van der Waals surface area contributed by atoms with E-state index in [0.29, 0.717) is 0 Å². The Labute approximate surface area is 76.0 Å². The first-order valence-corrected chi connectivity index (χ1v) is 8.66. The van der Waals surface area contributed by atoms with Crippen molar-refractivity contribution in [1.29, 1.82) is 0 Å². The Morgan fingerprint density at radius 1 is 1.10 bits per heavy atom. The van der Waals surface area contributed by atoms with Crippen LogP contribution in [0.3, 0.4) is 0 Å². The number of halogens is 3. The molecule has 0 aromatic carbocycles. The Kier molecular flexibility index (Phi) is 1.59. The zero-order chi connectivity index (χ0) is 7.41. The predicted molar refractivity (Wildman–Crippen MR) is 48.0 cm³/mol. The van der Waals surface area contributed by atoms with Crippen LogP contribution in [0, 0.1) is 5.92 Å². The molecule has 0 bridgehead atoms. The molecule has 2 saturated carbocycles. The van der Waals surface area contributed by atoms with Crippen LogP contribution in [0.4, 0.5) is 0 Å². The van der Waals surface area contributed by atoms with E-state index in [9.17, 15) is 0 Å². The van der Waals surface area contributed by atoms with Gasteiger partial charge in [-0.15, -0.1) is 33.2 Å². The van der Waals surface area contributed by atoms with Crippen LogP contribution in [0.1, 0.15) is 25.7 Å². The summed E-state index contributed by atoms with van der Waals surface area (Å²) in [4.78, 5) is 0. The van der Waals surface area contributed by atoms with Gasteiger partial charge in [0.15, 0.2) is 0 Å². The summed E-state index contributed by atoms with van der Waals surface area (Å²) in [6.45, 7) is 0. The predicted octanol–water partition coefficient (Wildman–Crippen LogP) is 3.59. The van der Waals surface area contributed by atoms with E-state index in [0.717, 1.165) is 5.92 Å². The lowest BCUT2D eigenvalue weighted by Gasteiger charge is -2.61. The molecule has 2 rings (SSSR count). The van der Waals surface area contributed by atoms with E-state index >= 15 is 0 Å². The average molecular weight is 216 g/mol. The van der Waals surface area contributed by atoms with Crippen molar-refractivity contribution < 1.29 is 0 Å². The number of hydrogen-bond donors (Lipinski definition) is 0. The van der Waals surface area contributed by atoms with Gasteiger partial charge >= 0.3 is 6.00 Å². The summed E-state index contributed by atoms with van der Waals surface area (Å²) in [6.07, 6.45) is 4.97. The monoisotopic (exact) mass is 214 g/mol. The highest BCUT2D eigenvalue weighted by molar-refractivity contribution is 7.65. The van der Waals surface area contributed by atoms with Crippen LogP contribution in [0.25, 0.3) is 0 Å². The van der Waals surface area contributed by atoms with Crippen molar-refractivity contribution in [2.45, 2.75) is 30.7 Å². The van der Waals surface area contributed by atoms with Crippen molar-refractivity contribution in [2.75, 3.05) is 0 Å². The van der Waals surface area contributed by atoms with E-state index in [4.69, 9.17) is 33.2 Å². The summed E-state index contributed by atoms with van der Waals surface area (Å²) in [6, 6.07) is -2.36. The summed E-state index contributed by atoms with van der Waals surface area (Å²) in [5.41, 5.74) is 0. The molecule has 0 aromatic heterocycles. The molecule has 0 radical (unpaired) electrons. The maximum Gasteiger partial charge on any atom is 0.347 e. The van der Waals surface area contributed by atoms with Crippen molar-refractivity contribution in [3.63, 3.8) is 0 Å². The minimum atomic E-state index is -2.36. The Morgan fingerprint density at radius 3 is 1.60 bits per heavy atom. The van der Waals surface area contributed by atoms with E-state index in [1.54, 1.807) is 0 Å². The molecule has 2 aliphatic rings. The first-order valence-electron chi connectivity index (χ1n) is 3.63. The molecule has 0 N–H and O–H groups in total. The highest BCUT2D eigenvalue weighted by Gasteiger charge is 2.65. The molecule has 2 aliphatic carbocycles. The molecule has 0 amide bonds. The second-order valence-corrected chi connectivity index (χ2v) is 12.3. The fourth-order valence-electron chi connectivity index (χ4n) is 2.18. The minimum absolute atomic E-state index is 0.234. The van der Waals surface area contributed by atoms with Crippen molar-refractivity contribution in [1.82, 2.24) is 0 Å². The van der Waals surface area contributed by atoms with Gasteiger partial charge in [0.05, 0.1) is 0 Å². The fourth-order valence-corrected chi connectivity index (χ4v) is 6.87. The number of rotatable bonds is 1. The van der Waals surface area contributed by atoms with E-state index in [2.05, 4.69) is 0 Å². The van der Waals surface area contributed by atoms with Gasteiger partial charge in [0.1, 0.15) is 0 Å². The minimum Gasteiger partial charge on any atom is -0.125 e. The molecule has 0 aromatic rings. The normalized spacial score (nSPS) is 45.3. The van der Waals surface area contributed by atoms with Crippen LogP contribution in [-0.2, 0) is 0 Å². The van der Waals surface area contributed by atoms with E-state index in [1.807, 2.05) is 0 Å². The molecular weight excluding hydrogens is 207 g/mol. The largest absolute Gasteiger partial charge is 0.347 e. The van der Waals surface area contributed by atoms with Gasteiger partial charge in [0.2, 0.25) is 0 Å². The van der Waals surface area contributed by atoms with Gasteiger partial charge in [-0.25, -0.2) is 0 Å². The van der Waals surface area contributed by atoms with Crippen LogP contribution in [0.5, 0.6) is 0 Å². The Balaban J connectivity index is 2.16. The standard InChI is InChI=1S/C6H9Cl3Si/c7-10(8,9)6-3-1-5(6)2-4-6/h5H,1-4H2. The van der Waals surface area contributed by atoms with Crippen LogP contribution >= 0.6 is 33.2 Å². The molecule has 4 heteroatoms. The molecular formula is C6H9Cl3Si. The molecule has 0 unspecified atom stereocenters. The van der Waals surface area contributed by atoms with Crippen molar-refractivity contribution in [3.05, 3.63) is 0 Å². The summed E-state index contributed by atoms with van der Waals surface area (Å²) in [7, 11) is 0. The zero-order valence-electron chi connectivity index (χ0n) is 5.54. The Bertz CT molecular complexity index is 155. The van der Waals surface area contributed by atoms with Crippen molar-refractivity contribution in [2.24, 2.45) is 5.92 Å². The van der Waals surface area contributed by atoms with Gasteiger partial charge < -0.3 is 0 Å². The van der Waals surface area contributed by atoms with Gasteiger partial charge in [0, 0.05) is 5.04 Å². The van der Waals surface area contributed by atoms with Crippen molar-refractivity contribution in [3.8, 4) is 0 Å². The summed E-state index contributed by atoms with van der Waals surface area (Å²) in [5.74, 6) is 0.784. The molecule has 0 atom stereocenters. The zero-order valence-corrected chi connectivity index (χ0v) is 8.81. The molecule has 0 heterocycles. The quantitative estimate of drug-likeness (QED) is 0.463. The van der Waals surface area contributed by atoms with Gasteiger partial charge in [-0.05, 0) is 31.6 Å². The van der Waals surface area contributed by atoms with E-state index in [-0.39, 0.29) is 5.04 Å². The smallest absolute Gasteiger partial charge is 0.125 e. The second kappa shape index (κ2) is 2.06. The van der Waals surface area contributed by atoms with Crippen LogP contribution in [-0.4, -0.2) is 6.00 Å². The van der Waals surface area contributed by atoms with Crippen LogP contribution in [0.15, 0.2) is 0 Å². The summed E-state index contributed by atoms with van der Waals surface area (Å²) in [5, 5.41) is 0.234. The van der Waals surface area contributed by atoms with Crippen LogP contribution in [0.2, 0.25) is 5.04 Å². The Morgan fingerprint density at radius 2 is 1.60 bits per heavy atom. The van der Waals surface area contributed by atoms with E-state index in [1.165, 1.54) is 25.7 Å². The summed E-state index contributed by atoms with van der Waals surface area (Å²) >= 11 is 18.0. The van der Waals surface area contributed by atoms with Gasteiger partial charge in [-0.1, -0.05) is 0 Å². The molecule has 58 valence electrons. The Hall–Kier alpha value is 1.09. The molecule has 2 fully saturated rings. The lowest BCUT2D eigenvalue weighted by Crippen LogP contribution is -2.53. The highest BCUT2D eigenvalue weighted by Crippen LogP contribution is 2.74. The van der Waals surface area contributed by atoms with Gasteiger partial charge in [-0.3, -0.25) is 0 Å². The van der Waals surface area contributed by atoms with Crippen molar-refractivity contribution >= 4 is 39.2 Å². The van der Waals surface area contributed by atoms with E-state index < -0.39 is 6.00 Å². The molecule has 0 aliphatic heterocycles. The highest BCUT2D eigenvalue weighted by atomic mass is 35.8. The maximum atomic E-state index is 5.99. The van der Waals surface area contributed by atoms with Crippen LogP contribution < -0.4 is 0 Å². The first-order chi connectivity index (χ1) is 4.56. The summed E-state index contributed by atoms with van der Waals surface area (Å²) < 4.78 is 0. The first kappa shape index (κ1) is 7.72. The lowest BCUT2D eigenvalue weighted by atomic mass is 9.58. The molecule has 0 spiro atoms. The van der Waals surface area contributed by atoms with Gasteiger partial charge in [-0.2, -0.15) is 0 Å². The molecule has 10 heavy (non-hydrogen) atoms. The third-order valence-corrected chi connectivity index (χ3v) is 8.65. The third kappa shape index (κ3) is 0.753. The van der Waals surface area contributed by atoms with Gasteiger partial charge in [0.25, 0.3) is 0 Å². The molecule has 0 nitrogen and oxygen atoms in total. The third-order valence-electron chi connectivity index (χ3n) is 3.22. The second-order valence-electron chi connectivity index (χ2n) is 3.43. The average Bonchev–Trinajstić information content (AvgIpc) is 1.74. The molecule has 0 saturated heterocycles. The maximum absolute atomic E-state index is 5.99. The fraction of sp³-hybridized carbons (Fsp3) is 1.00. The number of hydrogen-bond acceptors (Lipinski definition) is 0. The lowest BCUT2D eigenvalue weighted by molar-refractivity contribution is 0.0716. The topological polar surface area (TPSA) is 0 Å².